The molecule has 1 heterocycles. The average molecular weight is 315 g/mol. The molecule has 1 aromatic heterocycles. The van der Waals surface area contributed by atoms with Crippen LogP contribution in [0.1, 0.15) is 18.9 Å². The van der Waals surface area contributed by atoms with Crippen LogP contribution >= 0.6 is 0 Å². The van der Waals surface area contributed by atoms with Crippen molar-refractivity contribution >= 4 is 5.96 Å². The molecule has 0 spiro atoms. The molecular weight excluding hydrogens is 290 g/mol. The van der Waals surface area contributed by atoms with Crippen molar-refractivity contribution in [3.05, 3.63) is 48.3 Å². The van der Waals surface area contributed by atoms with Gasteiger partial charge in [-0.2, -0.15) is 5.10 Å². The van der Waals surface area contributed by atoms with E-state index < -0.39 is 0 Å². The zero-order valence-corrected chi connectivity index (χ0v) is 13.6. The molecular formula is C17H25N5O. The number of aromatic nitrogens is 2. The molecule has 1 aromatic carbocycles. The summed E-state index contributed by atoms with van der Waals surface area (Å²) >= 11 is 0. The molecule has 0 saturated heterocycles. The zero-order valence-electron chi connectivity index (χ0n) is 13.6. The van der Waals surface area contributed by atoms with Gasteiger partial charge in [-0.15, -0.1) is 0 Å². The lowest BCUT2D eigenvalue weighted by Crippen LogP contribution is -2.33. The highest BCUT2D eigenvalue weighted by atomic mass is 16.5. The van der Waals surface area contributed by atoms with Crippen LogP contribution in [0.25, 0.3) is 5.69 Å². The predicted molar refractivity (Wildman–Crippen MR) is 92.9 cm³/mol. The molecule has 23 heavy (non-hydrogen) atoms. The smallest absolute Gasteiger partial charge is 0.188 e. The van der Waals surface area contributed by atoms with Crippen LogP contribution in [0.4, 0.5) is 0 Å². The SMILES string of the molecule is CCOCCCN=C(N)NCCc1ccc(-n2cccn2)cc1. The van der Waals surface area contributed by atoms with Crippen molar-refractivity contribution in [2.75, 3.05) is 26.3 Å². The normalized spacial score (nSPS) is 11.6. The van der Waals surface area contributed by atoms with Crippen LogP contribution in [0.5, 0.6) is 0 Å². The number of guanidine groups is 1. The lowest BCUT2D eigenvalue weighted by Gasteiger charge is -2.07. The summed E-state index contributed by atoms with van der Waals surface area (Å²) in [4.78, 5) is 4.27. The highest BCUT2D eigenvalue weighted by Gasteiger charge is 1.98. The average Bonchev–Trinajstić information content (AvgIpc) is 3.10. The number of rotatable bonds is 9. The van der Waals surface area contributed by atoms with Crippen molar-refractivity contribution in [2.24, 2.45) is 10.7 Å². The molecule has 6 heteroatoms. The zero-order chi connectivity index (χ0) is 16.3. The van der Waals surface area contributed by atoms with Gasteiger partial charge < -0.3 is 15.8 Å². The standard InChI is InChI=1S/C17H25N5O/c1-2-23-14-4-10-19-17(18)20-12-9-15-5-7-16(8-6-15)22-13-3-11-21-22/h3,5-8,11,13H,2,4,9-10,12,14H2,1H3,(H3,18,19,20). The van der Waals surface area contributed by atoms with E-state index in [1.165, 1.54) is 5.56 Å². The van der Waals surface area contributed by atoms with Crippen molar-refractivity contribution in [2.45, 2.75) is 19.8 Å². The first-order chi connectivity index (χ1) is 11.3. The predicted octanol–water partition coefficient (Wildman–Crippen LogP) is 1.75. The Hall–Kier alpha value is -2.34. The van der Waals surface area contributed by atoms with Gasteiger partial charge in [-0.3, -0.25) is 4.99 Å². The number of ether oxygens (including phenoxy) is 1. The number of benzene rings is 1. The summed E-state index contributed by atoms with van der Waals surface area (Å²) in [6, 6.07) is 10.2. The molecule has 0 atom stereocenters. The minimum absolute atomic E-state index is 0.495. The van der Waals surface area contributed by atoms with Crippen LogP contribution in [0.2, 0.25) is 0 Å². The quantitative estimate of drug-likeness (QED) is 0.420. The summed E-state index contributed by atoms with van der Waals surface area (Å²) in [5.74, 6) is 0.495. The summed E-state index contributed by atoms with van der Waals surface area (Å²) in [6.45, 7) is 4.92. The topological polar surface area (TPSA) is 77.5 Å². The van der Waals surface area contributed by atoms with Gasteiger partial charge >= 0.3 is 0 Å². The van der Waals surface area contributed by atoms with E-state index in [1.807, 2.05) is 23.9 Å². The Labute approximate surface area is 137 Å². The molecule has 3 N–H and O–H groups in total. The Balaban J connectivity index is 1.68. The molecule has 0 aliphatic carbocycles. The first-order valence-electron chi connectivity index (χ1n) is 8.00. The van der Waals surface area contributed by atoms with Crippen LogP contribution in [-0.2, 0) is 11.2 Å². The maximum absolute atomic E-state index is 5.83. The summed E-state index contributed by atoms with van der Waals surface area (Å²) in [5, 5.41) is 7.35. The van der Waals surface area contributed by atoms with Gasteiger partial charge in [0.2, 0.25) is 0 Å². The van der Waals surface area contributed by atoms with Crippen LogP contribution in [-0.4, -0.2) is 42.0 Å². The van der Waals surface area contributed by atoms with Gasteiger partial charge in [0.15, 0.2) is 5.96 Å². The third-order valence-corrected chi connectivity index (χ3v) is 3.36. The molecule has 2 aromatic rings. The fourth-order valence-electron chi connectivity index (χ4n) is 2.14. The van der Waals surface area contributed by atoms with E-state index in [1.54, 1.807) is 6.20 Å². The van der Waals surface area contributed by atoms with Crippen molar-refractivity contribution in [1.82, 2.24) is 15.1 Å². The van der Waals surface area contributed by atoms with Gasteiger partial charge in [0, 0.05) is 38.7 Å². The van der Waals surface area contributed by atoms with Gasteiger partial charge in [0.1, 0.15) is 0 Å². The summed E-state index contributed by atoms with van der Waals surface area (Å²) in [6.07, 6.45) is 5.49. The first-order valence-corrected chi connectivity index (χ1v) is 8.00. The fourth-order valence-corrected chi connectivity index (χ4v) is 2.14. The summed E-state index contributed by atoms with van der Waals surface area (Å²) in [5.41, 5.74) is 8.13. The highest BCUT2D eigenvalue weighted by molar-refractivity contribution is 5.77. The second-order valence-corrected chi connectivity index (χ2v) is 5.11. The van der Waals surface area contributed by atoms with Gasteiger partial charge in [-0.1, -0.05) is 12.1 Å². The first kappa shape index (κ1) is 17.0. The van der Waals surface area contributed by atoms with Gasteiger partial charge in [0.05, 0.1) is 5.69 Å². The highest BCUT2D eigenvalue weighted by Crippen LogP contribution is 2.08. The van der Waals surface area contributed by atoms with Crippen molar-refractivity contribution in [3.8, 4) is 5.69 Å². The third kappa shape index (κ3) is 6.12. The number of aliphatic imine (C=N–C) groups is 1. The lowest BCUT2D eigenvalue weighted by molar-refractivity contribution is 0.146. The minimum atomic E-state index is 0.495. The molecule has 0 radical (unpaired) electrons. The lowest BCUT2D eigenvalue weighted by atomic mass is 10.1. The van der Waals surface area contributed by atoms with E-state index in [2.05, 4.69) is 39.7 Å². The second-order valence-electron chi connectivity index (χ2n) is 5.11. The Bertz CT molecular complexity index is 578. The van der Waals surface area contributed by atoms with Gasteiger partial charge in [0.25, 0.3) is 0 Å². The third-order valence-electron chi connectivity index (χ3n) is 3.36. The summed E-state index contributed by atoms with van der Waals surface area (Å²) < 4.78 is 7.10. The van der Waals surface area contributed by atoms with E-state index in [0.29, 0.717) is 12.5 Å². The molecule has 0 bridgehead atoms. The van der Waals surface area contributed by atoms with Crippen molar-refractivity contribution in [3.63, 3.8) is 0 Å². The molecule has 0 aliphatic heterocycles. The maximum Gasteiger partial charge on any atom is 0.188 e. The van der Waals surface area contributed by atoms with Crippen LogP contribution in [0.15, 0.2) is 47.7 Å². The number of nitrogens with zero attached hydrogens (tertiary/aromatic N) is 3. The number of nitrogens with two attached hydrogens (primary N) is 1. The fraction of sp³-hybridized carbons (Fsp3) is 0.412. The number of hydrogen-bond donors (Lipinski definition) is 2. The molecule has 0 fully saturated rings. The Morgan fingerprint density at radius 3 is 2.87 bits per heavy atom. The molecule has 0 amide bonds. The molecule has 0 unspecified atom stereocenters. The van der Waals surface area contributed by atoms with Gasteiger partial charge in [-0.25, -0.2) is 4.68 Å². The number of hydrogen-bond acceptors (Lipinski definition) is 3. The summed E-state index contributed by atoms with van der Waals surface area (Å²) in [7, 11) is 0. The number of nitrogens with one attached hydrogen (secondary N) is 1. The van der Waals surface area contributed by atoms with Crippen molar-refractivity contribution in [1.29, 1.82) is 0 Å². The van der Waals surface area contributed by atoms with Gasteiger partial charge in [-0.05, 0) is 43.5 Å². The molecule has 124 valence electrons. The Morgan fingerprint density at radius 1 is 1.35 bits per heavy atom. The molecule has 2 rings (SSSR count). The Kier molecular flexibility index (Phi) is 7.13. The minimum Gasteiger partial charge on any atom is -0.382 e. The second kappa shape index (κ2) is 9.63. The van der Waals surface area contributed by atoms with Crippen LogP contribution in [0.3, 0.4) is 0 Å². The van der Waals surface area contributed by atoms with E-state index >= 15 is 0 Å². The molecule has 0 saturated carbocycles. The molecule has 0 aliphatic rings. The van der Waals surface area contributed by atoms with Crippen LogP contribution in [0, 0.1) is 0 Å². The van der Waals surface area contributed by atoms with E-state index in [0.717, 1.165) is 38.3 Å². The Morgan fingerprint density at radius 2 is 2.17 bits per heavy atom. The van der Waals surface area contributed by atoms with E-state index in [-0.39, 0.29) is 0 Å². The van der Waals surface area contributed by atoms with E-state index in [4.69, 9.17) is 10.5 Å². The van der Waals surface area contributed by atoms with Crippen molar-refractivity contribution < 1.29 is 4.74 Å². The van der Waals surface area contributed by atoms with E-state index in [9.17, 15) is 0 Å². The monoisotopic (exact) mass is 315 g/mol. The maximum atomic E-state index is 5.83. The van der Waals surface area contributed by atoms with Crippen LogP contribution < -0.4 is 11.1 Å². The largest absolute Gasteiger partial charge is 0.382 e. The molecule has 6 nitrogen and oxygen atoms in total.